The van der Waals surface area contributed by atoms with Crippen molar-refractivity contribution in [3.63, 3.8) is 0 Å². The molecule has 0 aliphatic carbocycles. The van der Waals surface area contributed by atoms with Crippen LogP contribution >= 0.6 is 15.9 Å². The first-order valence-electron chi connectivity index (χ1n) is 5.74. The van der Waals surface area contributed by atoms with E-state index >= 15 is 0 Å². The summed E-state index contributed by atoms with van der Waals surface area (Å²) < 4.78 is 49.2. The lowest BCUT2D eigenvalue weighted by atomic mass is 10.0. The third-order valence-corrected chi connectivity index (χ3v) is 3.11. The van der Waals surface area contributed by atoms with Crippen molar-refractivity contribution >= 4 is 28.0 Å². The van der Waals surface area contributed by atoms with E-state index in [-0.39, 0.29) is 12.4 Å². The van der Waals surface area contributed by atoms with Crippen LogP contribution in [0.25, 0.3) is 6.08 Å². The molecule has 0 fully saturated rings. The van der Waals surface area contributed by atoms with Crippen molar-refractivity contribution in [3.05, 3.63) is 33.8 Å². The largest absolute Gasteiger partial charge is 0.475 e. The number of carbonyl (C=O) groups is 1. The fourth-order valence-electron chi connectivity index (χ4n) is 1.80. The quantitative estimate of drug-likeness (QED) is 0.762. The smallest absolute Gasteiger partial charge is 0.430 e. The number of esters is 1. The third-order valence-electron chi connectivity index (χ3n) is 2.62. The third kappa shape index (κ3) is 2.98. The van der Waals surface area contributed by atoms with Crippen molar-refractivity contribution in [2.75, 3.05) is 6.61 Å². The summed E-state index contributed by atoms with van der Waals surface area (Å²) in [5.74, 6) is -0.955. The average Bonchev–Trinajstić information content (AvgIpc) is 2.36. The molecule has 0 spiro atoms. The summed E-state index contributed by atoms with van der Waals surface area (Å²) in [5, 5.41) is 0. The SMILES string of the molecule is CCOC(=O)C1=Cc2cc(Br)ccc2O[C@@H]1C(F)(F)F. The summed E-state index contributed by atoms with van der Waals surface area (Å²) in [6.45, 7) is 1.52. The predicted molar refractivity (Wildman–Crippen MR) is 69.2 cm³/mol. The molecule has 108 valence electrons. The fraction of sp³-hybridized carbons (Fsp3) is 0.308. The van der Waals surface area contributed by atoms with Gasteiger partial charge >= 0.3 is 12.1 Å². The van der Waals surface area contributed by atoms with E-state index in [2.05, 4.69) is 20.7 Å². The molecule has 1 aromatic carbocycles. The maximum absolute atomic E-state index is 13.0. The van der Waals surface area contributed by atoms with E-state index < -0.39 is 23.8 Å². The van der Waals surface area contributed by atoms with Crippen LogP contribution in [-0.2, 0) is 9.53 Å². The number of hydrogen-bond donors (Lipinski definition) is 0. The topological polar surface area (TPSA) is 35.5 Å². The van der Waals surface area contributed by atoms with Crippen LogP contribution < -0.4 is 4.74 Å². The summed E-state index contributed by atoms with van der Waals surface area (Å²) >= 11 is 3.21. The molecule has 0 radical (unpaired) electrons. The van der Waals surface area contributed by atoms with Crippen molar-refractivity contribution in [1.29, 1.82) is 0 Å². The number of benzene rings is 1. The lowest BCUT2D eigenvalue weighted by Crippen LogP contribution is -2.40. The standard InChI is InChI=1S/C13H10BrF3O3/c1-2-19-12(18)9-6-7-5-8(14)3-4-10(7)20-11(9)13(15,16)17/h3-6,11H,2H2,1H3/t11-/m0/s1. The highest BCUT2D eigenvalue weighted by molar-refractivity contribution is 9.10. The van der Waals surface area contributed by atoms with Crippen LogP contribution in [0.15, 0.2) is 28.2 Å². The van der Waals surface area contributed by atoms with Gasteiger partial charge in [0.25, 0.3) is 0 Å². The molecule has 0 N–H and O–H groups in total. The Balaban J connectivity index is 2.48. The molecule has 2 rings (SSSR count). The Hall–Kier alpha value is -1.50. The molecular formula is C13H10BrF3O3. The van der Waals surface area contributed by atoms with Crippen molar-refractivity contribution in [2.45, 2.75) is 19.2 Å². The van der Waals surface area contributed by atoms with Gasteiger partial charge in [-0.2, -0.15) is 13.2 Å². The number of fused-ring (bicyclic) bond motifs is 1. The molecule has 1 aliphatic rings. The first-order valence-corrected chi connectivity index (χ1v) is 6.54. The Bertz CT molecular complexity index is 566. The van der Waals surface area contributed by atoms with Crippen LogP contribution in [0, 0.1) is 0 Å². The molecule has 0 bridgehead atoms. The highest BCUT2D eigenvalue weighted by atomic mass is 79.9. The minimum Gasteiger partial charge on any atom is -0.475 e. The minimum atomic E-state index is -4.69. The second kappa shape index (κ2) is 5.47. The van der Waals surface area contributed by atoms with E-state index in [9.17, 15) is 18.0 Å². The van der Waals surface area contributed by atoms with Crippen molar-refractivity contribution in [1.82, 2.24) is 0 Å². The molecule has 20 heavy (non-hydrogen) atoms. The Labute approximate surface area is 121 Å². The zero-order chi connectivity index (χ0) is 14.9. The Morgan fingerprint density at radius 3 is 2.75 bits per heavy atom. The van der Waals surface area contributed by atoms with Crippen molar-refractivity contribution in [3.8, 4) is 5.75 Å². The zero-order valence-corrected chi connectivity index (χ0v) is 11.9. The van der Waals surface area contributed by atoms with Gasteiger partial charge in [-0.05, 0) is 31.2 Å². The summed E-state index contributed by atoms with van der Waals surface area (Å²) in [6.07, 6.45) is -5.85. The van der Waals surface area contributed by atoms with E-state index in [1.807, 2.05) is 0 Å². The maximum Gasteiger partial charge on any atom is 0.430 e. The van der Waals surface area contributed by atoms with Gasteiger partial charge in [0.2, 0.25) is 6.10 Å². The molecule has 1 atom stereocenters. The molecule has 3 nitrogen and oxygen atoms in total. The second-order valence-corrected chi connectivity index (χ2v) is 4.96. The van der Waals surface area contributed by atoms with Gasteiger partial charge in [0.1, 0.15) is 5.75 Å². The van der Waals surface area contributed by atoms with Crippen molar-refractivity contribution in [2.24, 2.45) is 0 Å². The summed E-state index contributed by atoms with van der Waals surface area (Å²) in [7, 11) is 0. The lowest BCUT2D eigenvalue weighted by Gasteiger charge is -2.27. The first-order chi connectivity index (χ1) is 9.32. The maximum atomic E-state index is 13.0. The molecule has 1 heterocycles. The number of alkyl halides is 3. The molecule has 0 amide bonds. The van der Waals surface area contributed by atoms with Crippen LogP contribution in [0.3, 0.4) is 0 Å². The van der Waals surface area contributed by atoms with Gasteiger partial charge in [0.05, 0.1) is 12.2 Å². The number of carbonyl (C=O) groups excluding carboxylic acids is 1. The minimum absolute atomic E-state index is 0.00785. The molecule has 0 saturated carbocycles. The van der Waals surface area contributed by atoms with E-state index in [1.165, 1.54) is 13.0 Å². The second-order valence-electron chi connectivity index (χ2n) is 4.04. The fourth-order valence-corrected chi connectivity index (χ4v) is 2.18. The normalized spacial score (nSPS) is 17.9. The number of rotatable bonds is 2. The van der Waals surface area contributed by atoms with Gasteiger partial charge < -0.3 is 9.47 Å². The van der Waals surface area contributed by atoms with Crippen LogP contribution in [0.2, 0.25) is 0 Å². The Morgan fingerprint density at radius 1 is 1.45 bits per heavy atom. The highest BCUT2D eigenvalue weighted by Crippen LogP contribution is 2.38. The van der Waals surface area contributed by atoms with Gasteiger partial charge in [-0.15, -0.1) is 0 Å². The number of halogens is 4. The molecule has 7 heteroatoms. The molecular weight excluding hydrogens is 341 g/mol. The molecule has 1 aromatic rings. The van der Waals surface area contributed by atoms with Gasteiger partial charge in [0, 0.05) is 10.0 Å². The zero-order valence-electron chi connectivity index (χ0n) is 10.3. The molecule has 0 saturated heterocycles. The van der Waals surface area contributed by atoms with Crippen molar-refractivity contribution < 1.29 is 27.4 Å². The Morgan fingerprint density at radius 2 is 2.15 bits per heavy atom. The Kier molecular flexibility index (Phi) is 4.08. The molecule has 0 unspecified atom stereocenters. The number of hydrogen-bond acceptors (Lipinski definition) is 3. The van der Waals surface area contributed by atoms with Gasteiger partial charge in [0.15, 0.2) is 0 Å². The van der Waals surface area contributed by atoms with Gasteiger partial charge in [-0.25, -0.2) is 4.79 Å². The highest BCUT2D eigenvalue weighted by Gasteiger charge is 2.48. The van der Waals surface area contributed by atoms with E-state index in [0.717, 1.165) is 6.08 Å². The molecule has 1 aliphatic heterocycles. The first kappa shape index (κ1) is 14.9. The van der Waals surface area contributed by atoms with E-state index in [0.29, 0.717) is 10.0 Å². The molecule has 0 aromatic heterocycles. The average molecular weight is 351 g/mol. The van der Waals surface area contributed by atoms with Crippen LogP contribution in [0.1, 0.15) is 12.5 Å². The van der Waals surface area contributed by atoms with Crippen LogP contribution in [0.5, 0.6) is 5.75 Å². The summed E-state index contributed by atoms with van der Waals surface area (Å²) in [6, 6.07) is 4.55. The summed E-state index contributed by atoms with van der Waals surface area (Å²) in [5.41, 5.74) is -0.159. The predicted octanol–water partition coefficient (Wildman–Crippen LogP) is 3.72. The van der Waals surface area contributed by atoms with Crippen LogP contribution in [-0.4, -0.2) is 24.9 Å². The van der Waals surface area contributed by atoms with E-state index in [4.69, 9.17) is 4.74 Å². The van der Waals surface area contributed by atoms with Gasteiger partial charge in [-0.3, -0.25) is 0 Å². The number of ether oxygens (including phenoxy) is 2. The lowest BCUT2D eigenvalue weighted by molar-refractivity contribution is -0.187. The van der Waals surface area contributed by atoms with Gasteiger partial charge in [-0.1, -0.05) is 15.9 Å². The van der Waals surface area contributed by atoms with E-state index in [1.54, 1.807) is 12.1 Å². The monoisotopic (exact) mass is 350 g/mol. The summed E-state index contributed by atoms with van der Waals surface area (Å²) in [4.78, 5) is 11.7. The van der Waals surface area contributed by atoms with Crippen LogP contribution in [0.4, 0.5) is 13.2 Å².